The van der Waals surface area contributed by atoms with Crippen molar-refractivity contribution in [1.29, 1.82) is 0 Å². The van der Waals surface area contributed by atoms with Crippen molar-refractivity contribution in [2.45, 2.75) is 70.8 Å². The van der Waals surface area contributed by atoms with Crippen LogP contribution in [0.25, 0.3) is 0 Å². The summed E-state index contributed by atoms with van der Waals surface area (Å²) in [5.74, 6) is 0. The van der Waals surface area contributed by atoms with Gasteiger partial charge in [0.05, 0.1) is 11.4 Å². The Morgan fingerprint density at radius 3 is 2.61 bits per heavy atom. The van der Waals surface area contributed by atoms with Crippen LogP contribution in [-0.4, -0.2) is 28.6 Å². The largest absolute Gasteiger partial charge is 0.338 e. The van der Waals surface area contributed by atoms with Crippen LogP contribution in [0.3, 0.4) is 0 Å². The molecule has 1 unspecified atom stereocenters. The van der Waals surface area contributed by atoms with Crippen LogP contribution in [0.15, 0.2) is 12.4 Å². The number of nitrogens with one attached hydrogen (secondary N) is 2. The van der Waals surface area contributed by atoms with E-state index in [4.69, 9.17) is 0 Å². The molecule has 1 atom stereocenters. The van der Waals surface area contributed by atoms with E-state index in [1.54, 1.807) is 12.4 Å². The lowest BCUT2D eigenvalue weighted by atomic mass is 9.69. The van der Waals surface area contributed by atoms with Crippen LogP contribution < -0.4 is 10.6 Å². The second-order valence-electron chi connectivity index (χ2n) is 7.17. The molecule has 2 aliphatic rings. The van der Waals surface area contributed by atoms with E-state index in [9.17, 15) is 4.79 Å². The van der Waals surface area contributed by atoms with Crippen molar-refractivity contribution in [2.75, 3.05) is 6.54 Å². The Hall–Kier alpha value is -1.65. The fourth-order valence-electron chi connectivity index (χ4n) is 4.27. The van der Waals surface area contributed by atoms with Crippen molar-refractivity contribution in [1.82, 2.24) is 20.6 Å². The highest BCUT2D eigenvalue weighted by molar-refractivity contribution is 5.74. The maximum Gasteiger partial charge on any atom is 0.315 e. The molecule has 0 aromatic carbocycles. The van der Waals surface area contributed by atoms with Gasteiger partial charge in [-0.15, -0.1) is 0 Å². The normalized spacial score (nSPS) is 22.9. The Morgan fingerprint density at radius 1 is 1.17 bits per heavy atom. The molecule has 5 heteroatoms. The van der Waals surface area contributed by atoms with Gasteiger partial charge in [0.15, 0.2) is 0 Å². The fourth-order valence-corrected chi connectivity index (χ4v) is 4.27. The number of carbonyl (C=O) groups is 1. The zero-order valence-electron chi connectivity index (χ0n) is 14.1. The number of aromatic nitrogens is 2. The van der Waals surface area contributed by atoms with Crippen LogP contribution in [0.5, 0.6) is 0 Å². The number of aryl methyl sites for hydroxylation is 1. The van der Waals surface area contributed by atoms with Gasteiger partial charge in [-0.05, 0) is 38.0 Å². The number of hydrogen-bond donors (Lipinski definition) is 2. The lowest BCUT2D eigenvalue weighted by Gasteiger charge is -2.42. The molecule has 1 aromatic heterocycles. The molecule has 2 saturated carbocycles. The van der Waals surface area contributed by atoms with Gasteiger partial charge in [0.25, 0.3) is 0 Å². The predicted octanol–water partition coefficient (Wildman–Crippen LogP) is 3.13. The number of rotatable bonds is 4. The first kappa shape index (κ1) is 16.2. The van der Waals surface area contributed by atoms with Gasteiger partial charge in [0, 0.05) is 31.4 Å². The van der Waals surface area contributed by atoms with E-state index in [0.29, 0.717) is 18.0 Å². The highest BCUT2D eigenvalue weighted by Crippen LogP contribution is 2.48. The highest BCUT2D eigenvalue weighted by atomic mass is 16.2. The van der Waals surface area contributed by atoms with Gasteiger partial charge in [-0.2, -0.15) is 0 Å². The number of urea groups is 1. The molecule has 2 amide bonds. The van der Waals surface area contributed by atoms with Gasteiger partial charge in [0.1, 0.15) is 0 Å². The molecule has 1 spiro atoms. The smallest absolute Gasteiger partial charge is 0.315 e. The number of amides is 2. The summed E-state index contributed by atoms with van der Waals surface area (Å²) in [7, 11) is 0. The van der Waals surface area contributed by atoms with E-state index in [1.165, 1.54) is 44.9 Å². The zero-order valence-corrected chi connectivity index (χ0v) is 14.1. The van der Waals surface area contributed by atoms with Crippen LogP contribution in [-0.2, 0) is 6.42 Å². The third kappa shape index (κ3) is 4.01. The number of hydrogen-bond acceptors (Lipinski definition) is 3. The molecule has 1 heterocycles. The molecule has 0 aliphatic heterocycles. The number of nitrogens with zero attached hydrogens (tertiary/aromatic N) is 2. The predicted molar refractivity (Wildman–Crippen MR) is 90.2 cm³/mol. The van der Waals surface area contributed by atoms with Gasteiger partial charge < -0.3 is 10.6 Å². The third-order valence-corrected chi connectivity index (χ3v) is 5.56. The molecular weight excluding hydrogens is 288 g/mol. The Balaban J connectivity index is 1.46. The van der Waals surface area contributed by atoms with E-state index in [-0.39, 0.29) is 6.03 Å². The van der Waals surface area contributed by atoms with Gasteiger partial charge in [-0.1, -0.05) is 25.7 Å². The summed E-state index contributed by atoms with van der Waals surface area (Å²) in [5, 5.41) is 6.24. The minimum absolute atomic E-state index is 0.0248. The third-order valence-electron chi connectivity index (χ3n) is 5.56. The summed E-state index contributed by atoms with van der Waals surface area (Å²) in [5.41, 5.74) is 2.22. The van der Waals surface area contributed by atoms with Crippen LogP contribution in [0.2, 0.25) is 0 Å². The second kappa shape index (κ2) is 7.28. The maximum atomic E-state index is 12.2. The fraction of sp³-hybridized carbons (Fsp3) is 0.722. The first-order chi connectivity index (χ1) is 11.2. The minimum atomic E-state index is -0.0248. The van der Waals surface area contributed by atoms with Crippen molar-refractivity contribution in [2.24, 2.45) is 5.41 Å². The van der Waals surface area contributed by atoms with Crippen molar-refractivity contribution < 1.29 is 4.79 Å². The van der Waals surface area contributed by atoms with Crippen LogP contribution in [0, 0.1) is 12.3 Å². The zero-order chi connectivity index (χ0) is 16.1. The van der Waals surface area contributed by atoms with Gasteiger partial charge in [-0.3, -0.25) is 9.97 Å². The summed E-state index contributed by atoms with van der Waals surface area (Å²) in [6.07, 6.45) is 14.5. The van der Waals surface area contributed by atoms with Crippen molar-refractivity contribution in [3.8, 4) is 0 Å². The van der Waals surface area contributed by atoms with Crippen molar-refractivity contribution in [3.63, 3.8) is 0 Å². The topological polar surface area (TPSA) is 66.9 Å². The average Bonchev–Trinajstić information content (AvgIpc) is 3.01. The Labute approximate surface area is 138 Å². The second-order valence-corrected chi connectivity index (χ2v) is 7.17. The minimum Gasteiger partial charge on any atom is -0.338 e. The number of carbonyl (C=O) groups excluding carboxylic acids is 1. The van der Waals surface area contributed by atoms with E-state index >= 15 is 0 Å². The van der Waals surface area contributed by atoms with Gasteiger partial charge >= 0.3 is 6.03 Å². The van der Waals surface area contributed by atoms with E-state index in [1.807, 2.05) is 6.92 Å². The molecule has 0 radical (unpaired) electrons. The van der Waals surface area contributed by atoms with Crippen LogP contribution in [0.1, 0.15) is 62.8 Å². The quantitative estimate of drug-likeness (QED) is 0.897. The molecule has 0 bridgehead atoms. The average molecular weight is 316 g/mol. The van der Waals surface area contributed by atoms with E-state index < -0.39 is 0 Å². The maximum absolute atomic E-state index is 12.2. The monoisotopic (exact) mass is 316 g/mol. The molecule has 3 rings (SSSR count). The van der Waals surface area contributed by atoms with E-state index in [0.717, 1.165) is 24.2 Å². The Kier molecular flexibility index (Phi) is 5.13. The Bertz CT molecular complexity index is 522. The molecule has 0 saturated heterocycles. The molecule has 5 nitrogen and oxygen atoms in total. The lowest BCUT2D eigenvalue weighted by Crippen LogP contribution is -2.51. The standard InChI is InChI=1S/C18H28N4O/c1-14-12-21-15(13-20-14)7-11-19-17(23)22-16-6-2-3-8-18(16)9-4-5-10-18/h12-13,16H,2-11H2,1H3,(H2,19,22,23). The summed E-state index contributed by atoms with van der Waals surface area (Å²) in [6.45, 7) is 2.52. The molecular formula is C18H28N4O. The highest BCUT2D eigenvalue weighted by Gasteiger charge is 2.43. The summed E-state index contributed by atoms with van der Waals surface area (Å²) in [4.78, 5) is 20.8. The lowest BCUT2D eigenvalue weighted by molar-refractivity contribution is 0.133. The molecule has 23 heavy (non-hydrogen) atoms. The van der Waals surface area contributed by atoms with E-state index in [2.05, 4.69) is 20.6 Å². The van der Waals surface area contributed by atoms with Crippen molar-refractivity contribution in [3.05, 3.63) is 23.8 Å². The summed E-state index contributed by atoms with van der Waals surface area (Å²) < 4.78 is 0. The molecule has 126 valence electrons. The molecule has 2 N–H and O–H groups in total. The van der Waals surface area contributed by atoms with Crippen molar-refractivity contribution >= 4 is 6.03 Å². The van der Waals surface area contributed by atoms with Crippen LogP contribution >= 0.6 is 0 Å². The van der Waals surface area contributed by atoms with Gasteiger partial charge in [0.2, 0.25) is 0 Å². The molecule has 2 aliphatic carbocycles. The van der Waals surface area contributed by atoms with Crippen LogP contribution in [0.4, 0.5) is 4.79 Å². The first-order valence-corrected chi connectivity index (χ1v) is 9.00. The van der Waals surface area contributed by atoms with Gasteiger partial charge in [-0.25, -0.2) is 4.79 Å². The molecule has 2 fully saturated rings. The first-order valence-electron chi connectivity index (χ1n) is 9.00. The Morgan fingerprint density at radius 2 is 1.91 bits per heavy atom. The summed E-state index contributed by atoms with van der Waals surface area (Å²) >= 11 is 0. The summed E-state index contributed by atoms with van der Waals surface area (Å²) in [6, 6.07) is 0.334. The molecule has 1 aromatic rings. The SMILES string of the molecule is Cc1cnc(CCNC(=O)NC2CCCCC23CCCC3)cn1.